The van der Waals surface area contributed by atoms with Gasteiger partial charge in [-0.05, 0) is 48.0 Å². The van der Waals surface area contributed by atoms with Gasteiger partial charge in [-0.3, -0.25) is 0 Å². The molecule has 0 aliphatic rings. The van der Waals surface area contributed by atoms with Crippen molar-refractivity contribution in [2.24, 2.45) is 0 Å². The third-order valence-electron chi connectivity index (χ3n) is 5.89. The number of rotatable bonds is 11. The van der Waals surface area contributed by atoms with Gasteiger partial charge in [-0.25, -0.2) is 27.8 Å². The highest BCUT2D eigenvalue weighted by Crippen LogP contribution is 2.32. The van der Waals surface area contributed by atoms with E-state index in [2.05, 4.69) is 20.6 Å². The lowest BCUT2D eigenvalue weighted by molar-refractivity contribution is -0.00100. The summed E-state index contributed by atoms with van der Waals surface area (Å²) in [7, 11) is -3.01. The first-order chi connectivity index (χ1) is 19.2. The van der Waals surface area contributed by atoms with Gasteiger partial charge in [0.15, 0.2) is 0 Å². The summed E-state index contributed by atoms with van der Waals surface area (Å²) in [5.74, 6) is 0.855. The fraction of sp³-hybridized carbons (Fsp3) is 0.179. The molecule has 8 nitrogen and oxygen atoms in total. The Hall–Kier alpha value is -3.06. The number of nitrogens with one attached hydrogen (secondary N) is 2. The minimum absolute atomic E-state index is 0. The largest absolute Gasteiger partial charge is 1.00 e. The van der Waals surface area contributed by atoms with E-state index >= 15 is 0 Å². The molecule has 222 valence electrons. The number of halogens is 4. The fourth-order valence-electron chi connectivity index (χ4n) is 3.91. The van der Waals surface area contributed by atoms with Gasteiger partial charge in [-0.1, -0.05) is 29.8 Å². The van der Waals surface area contributed by atoms with Gasteiger partial charge < -0.3 is 40.2 Å². The number of ether oxygens (including phenoxy) is 1. The minimum atomic E-state index is -3.01. The van der Waals surface area contributed by atoms with Crippen LogP contribution in [0.1, 0.15) is 10.6 Å². The summed E-state index contributed by atoms with van der Waals surface area (Å²) in [5.41, 5.74) is 3.90. The number of aromatic nitrogens is 3. The van der Waals surface area contributed by atoms with Gasteiger partial charge in [0.1, 0.15) is 45.2 Å². The molecule has 0 fully saturated rings. The summed E-state index contributed by atoms with van der Waals surface area (Å²) in [5, 5.41) is 10.5. The van der Waals surface area contributed by atoms with Crippen LogP contribution in [0.25, 0.3) is 22.2 Å². The zero-order valence-corrected chi connectivity index (χ0v) is 26.1. The van der Waals surface area contributed by atoms with Gasteiger partial charge in [0, 0.05) is 41.4 Å². The highest BCUT2D eigenvalue weighted by Gasteiger charge is 2.11. The van der Waals surface area contributed by atoms with E-state index in [0.29, 0.717) is 40.9 Å². The average molecular weight is 669 g/mol. The zero-order chi connectivity index (χ0) is 28.1. The number of hydrogen-bond donors (Lipinski definition) is 2. The number of hydrogen-bond acceptors (Lipinski definition) is 9. The van der Waals surface area contributed by atoms with Crippen molar-refractivity contribution in [1.29, 1.82) is 0 Å². The lowest BCUT2D eigenvalue weighted by Gasteiger charge is -2.12. The molecular formula is C28H25Cl3FN5O3S2-2. The van der Waals surface area contributed by atoms with Crippen molar-refractivity contribution in [2.75, 3.05) is 23.9 Å². The predicted molar refractivity (Wildman–Crippen MR) is 158 cm³/mol. The smallest absolute Gasteiger partial charge is 0.148 e. The molecule has 0 aliphatic heterocycles. The first-order valence-corrected chi connectivity index (χ1v) is 15.6. The minimum Gasteiger partial charge on any atom is -1.00 e. The van der Waals surface area contributed by atoms with Crippen LogP contribution in [0.2, 0.25) is 5.02 Å². The monoisotopic (exact) mass is 667 g/mol. The molecule has 5 rings (SSSR count). The van der Waals surface area contributed by atoms with Crippen molar-refractivity contribution in [1.82, 2.24) is 20.3 Å². The van der Waals surface area contributed by atoms with Crippen LogP contribution in [-0.2, 0) is 23.0 Å². The van der Waals surface area contributed by atoms with Gasteiger partial charge in [-0.2, -0.15) is 0 Å². The van der Waals surface area contributed by atoms with Gasteiger partial charge in [0.2, 0.25) is 0 Å². The lowest BCUT2D eigenvalue weighted by atomic mass is 10.1. The van der Waals surface area contributed by atoms with E-state index in [1.54, 1.807) is 24.3 Å². The number of thiazole rings is 1. The van der Waals surface area contributed by atoms with Crippen molar-refractivity contribution in [3.63, 3.8) is 0 Å². The van der Waals surface area contributed by atoms with E-state index in [1.165, 1.54) is 36.1 Å². The number of nitrogens with zero attached hydrogens (tertiary/aromatic N) is 3. The summed E-state index contributed by atoms with van der Waals surface area (Å²) in [4.78, 5) is 13.5. The molecule has 0 unspecified atom stereocenters. The average Bonchev–Trinajstić information content (AvgIpc) is 3.39. The number of fused-ring (bicyclic) bond motifs is 1. The first-order valence-electron chi connectivity index (χ1n) is 12.3. The molecule has 0 bridgehead atoms. The zero-order valence-electron chi connectivity index (χ0n) is 22.2. The second-order valence-electron chi connectivity index (χ2n) is 9.08. The van der Waals surface area contributed by atoms with E-state index in [1.807, 2.05) is 29.6 Å². The highest BCUT2D eigenvalue weighted by molar-refractivity contribution is 7.90. The highest BCUT2D eigenvalue weighted by atomic mass is 35.5. The summed E-state index contributed by atoms with van der Waals surface area (Å²) < 4.78 is 41.8. The van der Waals surface area contributed by atoms with Crippen LogP contribution in [0, 0.1) is 5.82 Å². The maximum absolute atomic E-state index is 13.4. The molecule has 42 heavy (non-hydrogen) atoms. The van der Waals surface area contributed by atoms with E-state index in [9.17, 15) is 12.8 Å². The summed E-state index contributed by atoms with van der Waals surface area (Å²) in [6, 6.07) is 17.4. The van der Waals surface area contributed by atoms with Crippen molar-refractivity contribution < 1.29 is 42.4 Å². The summed E-state index contributed by atoms with van der Waals surface area (Å²) >= 11 is 7.98. The standard InChI is InChI=1S/C28H25ClFN5O3S2.2ClH/c1-40(36,37)10-9-31-14-27-35-25(16-39-27)19-5-7-24-22(12-19)28(33-17-32-24)34-21-6-8-26(23(29)13-21)38-15-18-3-2-4-20(30)11-18;;/h2-8,11-13,16-17,31H,9-10,14-15H2,1H3,(H,32,33,34);2*1H/p-2. The van der Waals surface area contributed by atoms with Crippen LogP contribution in [0.3, 0.4) is 0 Å². The number of benzene rings is 3. The molecular weight excluding hydrogens is 644 g/mol. The van der Waals surface area contributed by atoms with Gasteiger partial charge >= 0.3 is 0 Å². The lowest BCUT2D eigenvalue weighted by Crippen LogP contribution is -3.00. The number of anilines is 2. The molecule has 3 aromatic carbocycles. The Labute approximate surface area is 264 Å². The van der Waals surface area contributed by atoms with E-state index in [4.69, 9.17) is 21.3 Å². The van der Waals surface area contributed by atoms with Crippen molar-refractivity contribution in [2.45, 2.75) is 13.2 Å². The van der Waals surface area contributed by atoms with E-state index in [-0.39, 0.29) is 43.0 Å². The molecule has 2 N–H and O–H groups in total. The maximum atomic E-state index is 13.4. The molecule has 0 saturated carbocycles. The second kappa shape index (κ2) is 14.9. The molecule has 2 heterocycles. The molecule has 0 atom stereocenters. The van der Waals surface area contributed by atoms with Crippen LogP contribution in [-0.4, -0.2) is 41.9 Å². The second-order valence-corrected chi connectivity index (χ2v) is 12.7. The van der Waals surface area contributed by atoms with E-state index in [0.717, 1.165) is 27.2 Å². The molecule has 0 aliphatic carbocycles. The Morgan fingerprint density at radius 3 is 2.64 bits per heavy atom. The quantitative estimate of drug-likeness (QED) is 0.190. The summed E-state index contributed by atoms with van der Waals surface area (Å²) in [6.07, 6.45) is 2.71. The molecule has 14 heteroatoms. The Morgan fingerprint density at radius 1 is 1.05 bits per heavy atom. The van der Waals surface area contributed by atoms with Crippen LogP contribution in [0.4, 0.5) is 15.9 Å². The third kappa shape index (κ3) is 8.97. The molecule has 0 radical (unpaired) electrons. The SMILES string of the molecule is CS(=O)(=O)CCNCc1nc(-c2ccc3ncnc(Nc4ccc(OCc5cccc(F)c5)c(Cl)c4)c3c2)cs1.[Cl-].[Cl-]. The van der Waals surface area contributed by atoms with Crippen molar-refractivity contribution in [3.8, 4) is 17.0 Å². The first kappa shape index (κ1) is 33.4. The topological polar surface area (TPSA) is 106 Å². The summed E-state index contributed by atoms with van der Waals surface area (Å²) in [6.45, 7) is 1.06. The maximum Gasteiger partial charge on any atom is 0.148 e. The van der Waals surface area contributed by atoms with Crippen LogP contribution in [0.15, 0.2) is 72.4 Å². The molecule has 0 saturated heterocycles. The predicted octanol–water partition coefficient (Wildman–Crippen LogP) is 0.0106. The van der Waals surface area contributed by atoms with Crippen LogP contribution in [0.5, 0.6) is 5.75 Å². The normalized spacial score (nSPS) is 11.0. The van der Waals surface area contributed by atoms with Crippen molar-refractivity contribution >= 4 is 55.2 Å². The number of sulfone groups is 1. The molecule has 5 aromatic rings. The molecule has 2 aromatic heterocycles. The Balaban J connectivity index is 0.00000242. The Morgan fingerprint density at radius 2 is 1.88 bits per heavy atom. The van der Waals surface area contributed by atoms with Gasteiger partial charge in [-0.15, -0.1) is 11.3 Å². The van der Waals surface area contributed by atoms with E-state index < -0.39 is 9.84 Å². The third-order valence-corrected chi connectivity index (χ3v) is 7.98. The Kier molecular flexibility index (Phi) is 11.9. The fourth-order valence-corrected chi connectivity index (χ4v) is 5.44. The van der Waals surface area contributed by atoms with Crippen LogP contribution < -0.4 is 40.2 Å². The van der Waals surface area contributed by atoms with Crippen molar-refractivity contribution in [3.05, 3.63) is 93.8 Å². The molecule has 0 amide bonds. The Bertz CT molecular complexity index is 1770. The van der Waals surface area contributed by atoms with Gasteiger partial charge in [0.25, 0.3) is 0 Å². The molecule has 0 spiro atoms. The van der Waals surface area contributed by atoms with Gasteiger partial charge in [0.05, 0.1) is 22.0 Å². The van der Waals surface area contributed by atoms with Crippen LogP contribution >= 0.6 is 22.9 Å².